The van der Waals surface area contributed by atoms with Crippen molar-refractivity contribution in [1.29, 1.82) is 0 Å². The minimum Gasteiger partial charge on any atom is -0.444 e. The van der Waals surface area contributed by atoms with E-state index in [0.717, 1.165) is 19.4 Å². The lowest BCUT2D eigenvalue weighted by Gasteiger charge is -2.27. The third-order valence-electron chi connectivity index (χ3n) is 7.50. The SMILES string of the molecule is CC(C)(C)OC(=O)NCCc1ccc(COCCCCCC[P+](c2ccccc2)(c2ccccc2)c2ccccc2)cc1. The minimum absolute atomic E-state index is 0.373. The summed E-state index contributed by atoms with van der Waals surface area (Å²) < 4.78 is 11.3. The fourth-order valence-electron chi connectivity index (χ4n) is 5.40. The van der Waals surface area contributed by atoms with Crippen molar-refractivity contribution in [3.8, 4) is 0 Å². The number of hydrogen-bond acceptors (Lipinski definition) is 3. The minimum atomic E-state index is -1.74. The first-order chi connectivity index (χ1) is 20.9. The predicted octanol–water partition coefficient (Wildman–Crippen LogP) is 7.82. The van der Waals surface area contributed by atoms with E-state index in [4.69, 9.17) is 9.47 Å². The van der Waals surface area contributed by atoms with E-state index in [-0.39, 0.29) is 6.09 Å². The quantitative estimate of drug-likeness (QED) is 0.112. The molecule has 0 atom stereocenters. The Balaban J connectivity index is 1.21. The summed E-state index contributed by atoms with van der Waals surface area (Å²) in [5.74, 6) is 0. The van der Waals surface area contributed by atoms with Crippen LogP contribution in [0.5, 0.6) is 0 Å². The smallest absolute Gasteiger partial charge is 0.407 e. The third-order valence-corrected chi connectivity index (χ3v) is 12.0. The highest BCUT2D eigenvalue weighted by Gasteiger charge is 2.44. The zero-order valence-corrected chi connectivity index (χ0v) is 26.9. The fraction of sp³-hybridized carbons (Fsp3) is 0.342. The molecule has 0 unspecified atom stereocenters. The monoisotopic (exact) mass is 596 g/mol. The first kappa shape index (κ1) is 32.5. The van der Waals surface area contributed by atoms with Crippen LogP contribution in [0.25, 0.3) is 0 Å². The van der Waals surface area contributed by atoms with Gasteiger partial charge in [0.05, 0.1) is 12.8 Å². The summed E-state index contributed by atoms with van der Waals surface area (Å²) in [5, 5.41) is 7.19. The molecule has 4 rings (SSSR count). The molecular formula is C38H47NO3P+. The highest BCUT2D eigenvalue weighted by atomic mass is 31.2. The van der Waals surface area contributed by atoms with Gasteiger partial charge in [-0.05, 0) is 94.0 Å². The number of amides is 1. The molecule has 1 amide bonds. The van der Waals surface area contributed by atoms with Crippen LogP contribution >= 0.6 is 7.26 Å². The van der Waals surface area contributed by atoms with E-state index in [1.54, 1.807) is 0 Å². The van der Waals surface area contributed by atoms with Gasteiger partial charge in [-0.1, -0.05) is 85.3 Å². The topological polar surface area (TPSA) is 47.6 Å². The molecule has 226 valence electrons. The van der Waals surface area contributed by atoms with E-state index in [1.807, 2.05) is 20.8 Å². The second-order valence-corrected chi connectivity index (χ2v) is 15.6. The van der Waals surface area contributed by atoms with E-state index < -0.39 is 12.9 Å². The van der Waals surface area contributed by atoms with Gasteiger partial charge in [0.15, 0.2) is 0 Å². The molecule has 5 heteroatoms. The summed E-state index contributed by atoms with van der Waals surface area (Å²) in [4.78, 5) is 11.8. The Kier molecular flexibility index (Phi) is 12.4. The molecule has 0 saturated carbocycles. The van der Waals surface area contributed by atoms with Gasteiger partial charge >= 0.3 is 6.09 Å². The maximum atomic E-state index is 11.8. The molecule has 1 N–H and O–H groups in total. The van der Waals surface area contributed by atoms with Crippen molar-refractivity contribution in [2.75, 3.05) is 19.3 Å². The van der Waals surface area contributed by atoms with E-state index in [9.17, 15) is 4.79 Å². The molecule has 0 aliphatic rings. The van der Waals surface area contributed by atoms with Gasteiger partial charge in [-0.3, -0.25) is 0 Å². The number of hydrogen-bond donors (Lipinski definition) is 1. The second kappa shape index (κ2) is 16.4. The molecule has 4 nitrogen and oxygen atoms in total. The van der Waals surface area contributed by atoms with Crippen molar-refractivity contribution in [1.82, 2.24) is 5.32 Å². The number of unbranched alkanes of at least 4 members (excludes halogenated alkanes) is 3. The van der Waals surface area contributed by atoms with Crippen LogP contribution in [0.2, 0.25) is 0 Å². The lowest BCUT2D eigenvalue weighted by Crippen LogP contribution is -2.33. The predicted molar refractivity (Wildman–Crippen MR) is 183 cm³/mol. The van der Waals surface area contributed by atoms with Gasteiger partial charge in [-0.15, -0.1) is 0 Å². The van der Waals surface area contributed by atoms with Crippen molar-refractivity contribution in [2.45, 2.75) is 65.1 Å². The van der Waals surface area contributed by atoms with Crippen molar-refractivity contribution >= 4 is 29.3 Å². The summed E-state index contributed by atoms with van der Waals surface area (Å²) in [6, 6.07) is 41.9. The molecule has 4 aromatic carbocycles. The number of benzene rings is 4. The van der Waals surface area contributed by atoms with Crippen LogP contribution in [-0.4, -0.2) is 31.0 Å². The van der Waals surface area contributed by atoms with Crippen LogP contribution in [0.3, 0.4) is 0 Å². The summed E-state index contributed by atoms with van der Waals surface area (Å²) in [6.45, 7) is 7.55. The average Bonchev–Trinajstić information content (AvgIpc) is 3.02. The lowest BCUT2D eigenvalue weighted by molar-refractivity contribution is 0.0528. The standard InChI is InChI=1S/C38H46NO3P/c1-38(2,3)42-37(40)39-28-27-32-23-25-33(26-24-32)31-41-29-15-4-5-16-30-43(34-17-9-6-10-18-34,35-19-11-7-12-20-35)36-21-13-8-14-22-36/h6-14,17-26H,4-5,15-16,27-31H2,1-3H3/p+1. The molecule has 0 aliphatic carbocycles. The first-order valence-electron chi connectivity index (χ1n) is 15.5. The Morgan fingerprint density at radius 1 is 0.651 bits per heavy atom. The first-order valence-corrected chi connectivity index (χ1v) is 17.5. The number of alkyl carbamates (subject to hydrolysis) is 1. The molecule has 0 spiro atoms. The van der Waals surface area contributed by atoms with Crippen molar-refractivity contribution in [3.63, 3.8) is 0 Å². The molecule has 0 saturated heterocycles. The van der Waals surface area contributed by atoms with E-state index in [1.165, 1.54) is 52.5 Å². The number of ether oxygens (including phenoxy) is 2. The summed E-state index contributed by atoms with van der Waals surface area (Å²) in [6.07, 6.45) is 6.19. The molecule has 0 aromatic heterocycles. The van der Waals surface area contributed by atoms with Gasteiger partial charge in [0.2, 0.25) is 0 Å². The molecule has 0 bridgehead atoms. The Morgan fingerprint density at radius 3 is 1.65 bits per heavy atom. The molecule has 4 aromatic rings. The van der Waals surface area contributed by atoms with Crippen LogP contribution in [0.1, 0.15) is 57.6 Å². The third kappa shape index (κ3) is 10.1. The Bertz CT molecular complexity index is 1260. The Hall–Kier alpha value is -3.46. The number of carbonyl (C=O) groups is 1. The summed E-state index contributed by atoms with van der Waals surface area (Å²) >= 11 is 0. The second-order valence-electron chi connectivity index (χ2n) is 12.0. The zero-order valence-electron chi connectivity index (χ0n) is 26.0. The molecule has 0 fully saturated rings. The molecule has 0 aliphatic heterocycles. The van der Waals surface area contributed by atoms with E-state index in [0.29, 0.717) is 13.2 Å². The molecular weight excluding hydrogens is 549 g/mol. The van der Waals surface area contributed by atoms with Gasteiger partial charge in [0.25, 0.3) is 0 Å². The van der Waals surface area contributed by atoms with Crippen LogP contribution in [0.15, 0.2) is 115 Å². The van der Waals surface area contributed by atoms with Crippen LogP contribution in [0, 0.1) is 0 Å². The van der Waals surface area contributed by atoms with E-state index in [2.05, 4.69) is 121 Å². The van der Waals surface area contributed by atoms with Crippen LogP contribution in [-0.2, 0) is 22.5 Å². The van der Waals surface area contributed by atoms with Crippen molar-refractivity contribution in [3.05, 3.63) is 126 Å². The maximum Gasteiger partial charge on any atom is 0.407 e. The molecule has 0 radical (unpaired) electrons. The normalized spacial score (nSPS) is 11.7. The van der Waals surface area contributed by atoms with Gasteiger partial charge < -0.3 is 14.8 Å². The van der Waals surface area contributed by atoms with Crippen molar-refractivity contribution in [2.24, 2.45) is 0 Å². The van der Waals surface area contributed by atoms with Crippen LogP contribution < -0.4 is 21.2 Å². The van der Waals surface area contributed by atoms with Gasteiger partial charge in [-0.25, -0.2) is 4.79 Å². The van der Waals surface area contributed by atoms with Gasteiger partial charge in [0.1, 0.15) is 28.8 Å². The summed E-state index contributed by atoms with van der Waals surface area (Å²) in [5.41, 5.74) is 1.87. The summed E-state index contributed by atoms with van der Waals surface area (Å²) in [7, 11) is -1.74. The number of nitrogens with one attached hydrogen (secondary N) is 1. The largest absolute Gasteiger partial charge is 0.444 e. The number of carbonyl (C=O) groups excluding carboxylic acids is 1. The van der Waals surface area contributed by atoms with Gasteiger partial charge in [0, 0.05) is 13.2 Å². The zero-order chi connectivity index (χ0) is 30.4. The number of rotatable bonds is 15. The molecule has 0 heterocycles. The fourth-order valence-corrected chi connectivity index (χ4v) is 9.81. The Labute approximate surface area is 259 Å². The Morgan fingerprint density at radius 2 is 1.14 bits per heavy atom. The lowest BCUT2D eigenvalue weighted by atomic mass is 10.1. The average molecular weight is 597 g/mol. The van der Waals surface area contributed by atoms with Crippen molar-refractivity contribution < 1.29 is 14.3 Å². The maximum absolute atomic E-state index is 11.8. The van der Waals surface area contributed by atoms with Gasteiger partial charge in [-0.2, -0.15) is 0 Å². The van der Waals surface area contributed by atoms with E-state index >= 15 is 0 Å². The molecule has 43 heavy (non-hydrogen) atoms. The highest BCUT2D eigenvalue weighted by molar-refractivity contribution is 7.95. The van der Waals surface area contributed by atoms with Crippen LogP contribution in [0.4, 0.5) is 4.79 Å². The highest BCUT2D eigenvalue weighted by Crippen LogP contribution is 2.56.